The Balaban J connectivity index is 1.96. The summed E-state index contributed by atoms with van der Waals surface area (Å²) in [6.07, 6.45) is 1.80. The highest BCUT2D eigenvalue weighted by Crippen LogP contribution is 2.34. The van der Waals surface area contributed by atoms with Crippen molar-refractivity contribution in [3.05, 3.63) is 59.8 Å². The van der Waals surface area contributed by atoms with E-state index >= 15 is 0 Å². The molecule has 0 bridgehead atoms. The van der Waals surface area contributed by atoms with Gasteiger partial charge in [-0.3, -0.25) is 5.10 Å². The van der Waals surface area contributed by atoms with E-state index in [-0.39, 0.29) is 5.82 Å². The van der Waals surface area contributed by atoms with Gasteiger partial charge in [0.1, 0.15) is 11.6 Å². The van der Waals surface area contributed by atoms with E-state index in [4.69, 9.17) is 4.98 Å². The molecule has 0 atom stereocenters. The minimum Gasteiger partial charge on any atom is -0.331 e. The molecule has 0 spiro atoms. The summed E-state index contributed by atoms with van der Waals surface area (Å²) >= 11 is 0. The Kier molecular flexibility index (Phi) is 3.23. The lowest BCUT2D eigenvalue weighted by molar-refractivity contribution is 0.619. The van der Waals surface area contributed by atoms with Crippen molar-refractivity contribution >= 4 is 10.9 Å². The highest BCUT2D eigenvalue weighted by Gasteiger charge is 2.17. The summed E-state index contributed by atoms with van der Waals surface area (Å²) < 4.78 is 15.7. The largest absolute Gasteiger partial charge is 0.331 e. The highest BCUT2D eigenvalue weighted by atomic mass is 19.1. The second-order valence-electron chi connectivity index (χ2n) is 6.05. The van der Waals surface area contributed by atoms with Crippen molar-refractivity contribution in [2.45, 2.75) is 13.8 Å². The zero-order valence-corrected chi connectivity index (χ0v) is 13.8. The predicted molar refractivity (Wildman–Crippen MR) is 93.2 cm³/mol. The maximum atomic E-state index is 13.6. The quantitative estimate of drug-likeness (QED) is 0.595. The zero-order chi connectivity index (χ0) is 16.8. The molecule has 5 heteroatoms. The van der Waals surface area contributed by atoms with E-state index in [9.17, 15) is 4.39 Å². The van der Waals surface area contributed by atoms with Gasteiger partial charge >= 0.3 is 0 Å². The molecule has 4 aromatic rings. The van der Waals surface area contributed by atoms with Crippen LogP contribution in [0.15, 0.2) is 42.6 Å². The van der Waals surface area contributed by atoms with Gasteiger partial charge in [0.2, 0.25) is 0 Å². The van der Waals surface area contributed by atoms with E-state index in [1.165, 1.54) is 6.07 Å². The molecular formula is C19H17FN4. The van der Waals surface area contributed by atoms with Crippen molar-refractivity contribution in [3.63, 3.8) is 0 Å². The van der Waals surface area contributed by atoms with Crippen molar-refractivity contribution in [2.75, 3.05) is 0 Å². The van der Waals surface area contributed by atoms with Crippen molar-refractivity contribution in [3.8, 4) is 22.5 Å². The molecule has 1 N–H and O–H groups in total. The van der Waals surface area contributed by atoms with Crippen molar-refractivity contribution in [1.82, 2.24) is 19.7 Å². The molecule has 2 aromatic heterocycles. The van der Waals surface area contributed by atoms with E-state index in [1.807, 2.05) is 26.1 Å². The molecule has 0 fully saturated rings. The molecule has 0 saturated heterocycles. The van der Waals surface area contributed by atoms with Crippen LogP contribution in [0.25, 0.3) is 33.4 Å². The summed E-state index contributed by atoms with van der Waals surface area (Å²) in [7, 11) is 1.99. The molecule has 120 valence electrons. The number of H-pyrrole nitrogens is 1. The van der Waals surface area contributed by atoms with Crippen LogP contribution in [0.5, 0.6) is 0 Å². The van der Waals surface area contributed by atoms with Crippen LogP contribution in [0.3, 0.4) is 0 Å². The number of aromatic nitrogens is 4. The Labute approximate surface area is 139 Å². The van der Waals surface area contributed by atoms with Crippen LogP contribution in [-0.2, 0) is 7.05 Å². The molecule has 0 aliphatic heterocycles. The van der Waals surface area contributed by atoms with Gasteiger partial charge in [0, 0.05) is 23.6 Å². The fraction of sp³-hybridized carbons (Fsp3) is 0.158. The van der Waals surface area contributed by atoms with Crippen LogP contribution in [0.1, 0.15) is 11.4 Å². The summed E-state index contributed by atoms with van der Waals surface area (Å²) in [5.74, 6) is 0.707. The number of hydrogen-bond donors (Lipinski definition) is 1. The van der Waals surface area contributed by atoms with Gasteiger partial charge in [0.15, 0.2) is 0 Å². The Bertz CT molecular complexity index is 1060. The smallest absolute Gasteiger partial charge is 0.126 e. The third kappa shape index (κ3) is 2.21. The first-order chi connectivity index (χ1) is 11.5. The maximum Gasteiger partial charge on any atom is 0.126 e. The molecule has 0 radical (unpaired) electrons. The topological polar surface area (TPSA) is 46.5 Å². The average Bonchev–Trinajstić information content (AvgIpc) is 3.14. The van der Waals surface area contributed by atoms with Crippen LogP contribution in [0.2, 0.25) is 0 Å². The molecule has 2 aromatic carbocycles. The minimum absolute atomic E-state index is 0.202. The van der Waals surface area contributed by atoms with Crippen molar-refractivity contribution in [1.29, 1.82) is 0 Å². The second kappa shape index (κ2) is 5.30. The number of benzene rings is 2. The highest BCUT2D eigenvalue weighted by molar-refractivity contribution is 5.87. The number of hydrogen-bond acceptors (Lipinski definition) is 2. The zero-order valence-electron chi connectivity index (χ0n) is 13.8. The normalized spacial score (nSPS) is 11.3. The summed E-state index contributed by atoms with van der Waals surface area (Å²) in [6, 6.07) is 11.3. The Morgan fingerprint density at radius 3 is 2.62 bits per heavy atom. The molecule has 0 amide bonds. The van der Waals surface area contributed by atoms with E-state index in [2.05, 4.69) is 26.9 Å². The lowest BCUT2D eigenvalue weighted by atomic mass is 10.0. The Hall–Kier alpha value is -2.95. The SMILES string of the molecule is Cc1cc(-c2nc(C)n(C)c2-c2ccc3cn[nH]c3c2)ccc1F. The average molecular weight is 320 g/mol. The number of rotatable bonds is 2. The van der Waals surface area contributed by atoms with Gasteiger partial charge in [-0.2, -0.15) is 5.10 Å². The molecule has 0 aliphatic rings. The Morgan fingerprint density at radius 2 is 1.83 bits per heavy atom. The van der Waals surface area contributed by atoms with Crippen LogP contribution in [0, 0.1) is 19.7 Å². The van der Waals surface area contributed by atoms with Crippen molar-refractivity contribution < 1.29 is 4.39 Å². The van der Waals surface area contributed by atoms with E-state index in [0.717, 1.165) is 39.2 Å². The molecule has 2 heterocycles. The number of imidazole rings is 1. The third-order valence-electron chi connectivity index (χ3n) is 4.47. The second-order valence-corrected chi connectivity index (χ2v) is 6.05. The lowest BCUT2D eigenvalue weighted by Gasteiger charge is -2.08. The first-order valence-electron chi connectivity index (χ1n) is 7.78. The number of nitrogens with one attached hydrogen (secondary N) is 1. The maximum absolute atomic E-state index is 13.6. The number of aromatic amines is 1. The van der Waals surface area contributed by atoms with Gasteiger partial charge < -0.3 is 4.57 Å². The molecular weight excluding hydrogens is 303 g/mol. The van der Waals surface area contributed by atoms with Gasteiger partial charge in [-0.25, -0.2) is 9.37 Å². The van der Waals surface area contributed by atoms with Crippen LogP contribution in [-0.4, -0.2) is 19.7 Å². The number of aryl methyl sites for hydroxylation is 2. The first-order valence-corrected chi connectivity index (χ1v) is 7.78. The summed E-state index contributed by atoms with van der Waals surface area (Å²) in [5, 5.41) is 8.15. The fourth-order valence-corrected chi connectivity index (χ4v) is 3.02. The molecule has 4 nitrogen and oxygen atoms in total. The predicted octanol–water partition coefficient (Wildman–Crippen LogP) is 4.39. The summed E-state index contributed by atoms with van der Waals surface area (Å²) in [4.78, 5) is 4.71. The standard InChI is InChI=1S/C19H17FN4/c1-11-8-13(6-7-16(11)20)18-19(24(3)12(2)22-18)14-4-5-15-10-21-23-17(15)9-14/h4-10H,1-3H3,(H,21,23). The Morgan fingerprint density at radius 1 is 1.04 bits per heavy atom. The molecule has 0 unspecified atom stereocenters. The minimum atomic E-state index is -0.202. The van der Waals surface area contributed by atoms with Gasteiger partial charge in [0.05, 0.1) is 23.1 Å². The fourth-order valence-electron chi connectivity index (χ4n) is 3.02. The van der Waals surface area contributed by atoms with E-state index in [1.54, 1.807) is 19.2 Å². The molecule has 0 aliphatic carbocycles. The third-order valence-corrected chi connectivity index (χ3v) is 4.47. The molecule has 24 heavy (non-hydrogen) atoms. The summed E-state index contributed by atoms with van der Waals surface area (Å²) in [5.41, 5.74) is 5.43. The van der Waals surface area contributed by atoms with E-state index < -0.39 is 0 Å². The van der Waals surface area contributed by atoms with Gasteiger partial charge in [0.25, 0.3) is 0 Å². The first kappa shape index (κ1) is 14.6. The van der Waals surface area contributed by atoms with Crippen LogP contribution < -0.4 is 0 Å². The van der Waals surface area contributed by atoms with E-state index in [0.29, 0.717) is 5.56 Å². The monoisotopic (exact) mass is 320 g/mol. The van der Waals surface area contributed by atoms with Crippen molar-refractivity contribution in [2.24, 2.45) is 7.05 Å². The lowest BCUT2D eigenvalue weighted by Crippen LogP contribution is -1.95. The number of fused-ring (bicyclic) bond motifs is 1. The summed E-state index contributed by atoms with van der Waals surface area (Å²) in [6.45, 7) is 3.74. The number of nitrogens with zero attached hydrogens (tertiary/aromatic N) is 3. The van der Waals surface area contributed by atoms with Gasteiger partial charge in [-0.15, -0.1) is 0 Å². The molecule has 0 saturated carbocycles. The van der Waals surface area contributed by atoms with Crippen LogP contribution in [0.4, 0.5) is 4.39 Å². The van der Waals surface area contributed by atoms with Gasteiger partial charge in [-0.1, -0.05) is 12.1 Å². The molecule has 4 rings (SSSR count). The van der Waals surface area contributed by atoms with Gasteiger partial charge in [-0.05, 0) is 43.7 Å². The van der Waals surface area contributed by atoms with Crippen LogP contribution >= 0.6 is 0 Å². The number of halogens is 1.